The molecule has 2 amide bonds. The van der Waals surface area contributed by atoms with Crippen LogP contribution in [0.1, 0.15) is 56.6 Å². The summed E-state index contributed by atoms with van der Waals surface area (Å²) >= 11 is 0. The highest BCUT2D eigenvalue weighted by molar-refractivity contribution is 7.92. The van der Waals surface area contributed by atoms with Crippen LogP contribution in [0.15, 0.2) is 47.4 Å². The molecule has 0 unspecified atom stereocenters. The average molecular weight is 496 g/mol. The quantitative estimate of drug-likeness (QED) is 0.630. The Morgan fingerprint density at radius 3 is 2.34 bits per heavy atom. The zero-order valence-corrected chi connectivity index (χ0v) is 21.1. The minimum atomic E-state index is -3.72. The molecule has 7 nitrogen and oxygen atoms in total. The van der Waals surface area contributed by atoms with E-state index in [2.05, 4.69) is 0 Å². The molecule has 3 aliphatic rings. The van der Waals surface area contributed by atoms with E-state index in [1.165, 1.54) is 4.31 Å². The number of nitrogens with zero attached hydrogens (tertiary/aromatic N) is 3. The zero-order chi connectivity index (χ0) is 24.6. The van der Waals surface area contributed by atoms with Gasteiger partial charge >= 0.3 is 0 Å². The van der Waals surface area contributed by atoms with E-state index in [4.69, 9.17) is 0 Å². The minimum Gasteiger partial charge on any atom is -0.343 e. The lowest BCUT2D eigenvalue weighted by Crippen LogP contribution is -2.35. The maximum Gasteiger partial charge on any atom is 0.264 e. The molecule has 3 aliphatic heterocycles. The molecule has 35 heavy (non-hydrogen) atoms. The van der Waals surface area contributed by atoms with Crippen molar-refractivity contribution in [1.29, 1.82) is 0 Å². The van der Waals surface area contributed by atoms with Gasteiger partial charge < -0.3 is 9.80 Å². The van der Waals surface area contributed by atoms with Crippen molar-refractivity contribution in [2.45, 2.75) is 69.2 Å². The zero-order valence-electron chi connectivity index (χ0n) is 20.3. The fourth-order valence-electron chi connectivity index (χ4n) is 5.64. The highest BCUT2D eigenvalue weighted by Gasteiger charge is 2.37. The predicted molar refractivity (Wildman–Crippen MR) is 136 cm³/mol. The van der Waals surface area contributed by atoms with Gasteiger partial charge in [0.05, 0.1) is 10.6 Å². The van der Waals surface area contributed by atoms with E-state index >= 15 is 0 Å². The third-order valence-corrected chi connectivity index (χ3v) is 9.38. The Kier molecular flexibility index (Phi) is 6.57. The Labute approximate surface area is 207 Å². The van der Waals surface area contributed by atoms with E-state index in [0.29, 0.717) is 19.4 Å². The number of hydrogen-bond acceptors (Lipinski definition) is 4. The van der Waals surface area contributed by atoms with E-state index in [-0.39, 0.29) is 35.6 Å². The van der Waals surface area contributed by atoms with Crippen molar-refractivity contribution in [3.8, 4) is 0 Å². The molecule has 0 bridgehead atoms. The standard InChI is InChI=1S/C27H33N3O4S/c1-20-18-21-8-4-5-9-25(21)30(20)35(33,34)23-10-11-24-22(19-23)14-17-29(24)27(32)13-12-26(31)28-15-6-2-3-7-16-28/h4-5,8-11,19-20H,2-3,6-7,12-18H2,1H3/t20-/m0/s1. The molecule has 0 aliphatic carbocycles. The summed E-state index contributed by atoms with van der Waals surface area (Å²) in [5.74, 6) is -0.0225. The van der Waals surface area contributed by atoms with Gasteiger partial charge in [0.2, 0.25) is 11.8 Å². The number of carbonyl (C=O) groups is 2. The summed E-state index contributed by atoms with van der Waals surface area (Å²) in [6.45, 7) is 4.02. The maximum absolute atomic E-state index is 13.6. The largest absolute Gasteiger partial charge is 0.343 e. The van der Waals surface area contributed by atoms with Crippen molar-refractivity contribution < 1.29 is 18.0 Å². The fraction of sp³-hybridized carbons (Fsp3) is 0.481. The lowest BCUT2D eigenvalue weighted by Gasteiger charge is -2.25. The second kappa shape index (κ2) is 9.64. The minimum absolute atomic E-state index is 0.0566. The second-order valence-corrected chi connectivity index (χ2v) is 11.7. The van der Waals surface area contributed by atoms with Crippen LogP contribution in [0.25, 0.3) is 0 Å². The van der Waals surface area contributed by atoms with Gasteiger partial charge in [-0.05, 0) is 68.0 Å². The number of sulfonamides is 1. The van der Waals surface area contributed by atoms with Crippen LogP contribution in [0.4, 0.5) is 11.4 Å². The van der Waals surface area contributed by atoms with Gasteiger partial charge in [-0.15, -0.1) is 0 Å². The first-order valence-electron chi connectivity index (χ1n) is 12.7. The van der Waals surface area contributed by atoms with E-state index in [0.717, 1.165) is 61.3 Å². The third-order valence-electron chi connectivity index (χ3n) is 7.46. The topological polar surface area (TPSA) is 78.0 Å². The summed E-state index contributed by atoms with van der Waals surface area (Å²) < 4.78 is 28.7. The molecule has 0 spiro atoms. The van der Waals surface area contributed by atoms with Crippen molar-refractivity contribution in [2.75, 3.05) is 28.8 Å². The Hall–Kier alpha value is -2.87. The molecule has 2 aromatic carbocycles. The predicted octanol–water partition coefficient (Wildman–Crippen LogP) is 3.90. The fourth-order valence-corrected chi connectivity index (χ4v) is 7.39. The van der Waals surface area contributed by atoms with Crippen LogP contribution in [0.5, 0.6) is 0 Å². The number of rotatable bonds is 5. The van der Waals surface area contributed by atoms with Gasteiger partial charge in [-0.2, -0.15) is 0 Å². The molecule has 1 atom stereocenters. The first kappa shape index (κ1) is 23.9. The highest BCUT2D eigenvalue weighted by atomic mass is 32.2. The van der Waals surface area contributed by atoms with Crippen molar-refractivity contribution in [3.63, 3.8) is 0 Å². The SMILES string of the molecule is C[C@H]1Cc2ccccc2N1S(=O)(=O)c1ccc2c(c1)CCN2C(=O)CCC(=O)N1CCCCCC1. The molecule has 8 heteroatoms. The summed E-state index contributed by atoms with van der Waals surface area (Å²) in [5.41, 5.74) is 3.40. The summed E-state index contributed by atoms with van der Waals surface area (Å²) in [6, 6.07) is 12.6. The van der Waals surface area contributed by atoms with E-state index in [9.17, 15) is 18.0 Å². The number of anilines is 2. The Bertz CT molecular complexity index is 1230. The Morgan fingerprint density at radius 1 is 0.857 bits per heavy atom. The van der Waals surface area contributed by atoms with Gasteiger partial charge in [0.15, 0.2) is 0 Å². The third kappa shape index (κ3) is 4.56. The van der Waals surface area contributed by atoms with Crippen LogP contribution in [-0.4, -0.2) is 50.8 Å². The maximum atomic E-state index is 13.6. The van der Waals surface area contributed by atoms with Gasteiger partial charge in [0.25, 0.3) is 10.0 Å². The van der Waals surface area contributed by atoms with Gasteiger partial charge in [-0.1, -0.05) is 31.0 Å². The molecule has 2 aromatic rings. The van der Waals surface area contributed by atoms with Crippen molar-refractivity contribution >= 4 is 33.2 Å². The second-order valence-electron chi connectivity index (χ2n) is 9.86. The summed E-state index contributed by atoms with van der Waals surface area (Å²) in [4.78, 5) is 29.4. The summed E-state index contributed by atoms with van der Waals surface area (Å²) in [7, 11) is -3.72. The molecule has 0 aromatic heterocycles. The van der Waals surface area contributed by atoms with Crippen molar-refractivity contribution in [2.24, 2.45) is 0 Å². The van der Waals surface area contributed by atoms with Gasteiger partial charge in [0, 0.05) is 44.2 Å². The molecular weight excluding hydrogens is 462 g/mol. The van der Waals surface area contributed by atoms with Gasteiger partial charge in [-0.3, -0.25) is 13.9 Å². The van der Waals surface area contributed by atoms with E-state index in [1.54, 1.807) is 23.1 Å². The lowest BCUT2D eigenvalue weighted by atomic mass is 10.1. The van der Waals surface area contributed by atoms with Crippen LogP contribution in [0, 0.1) is 0 Å². The number of amides is 2. The van der Waals surface area contributed by atoms with E-state index < -0.39 is 10.0 Å². The average Bonchev–Trinajstić information content (AvgIpc) is 3.31. The van der Waals surface area contributed by atoms with E-state index in [1.807, 2.05) is 36.1 Å². The monoisotopic (exact) mass is 495 g/mol. The van der Waals surface area contributed by atoms with Crippen LogP contribution in [-0.2, 0) is 32.5 Å². The highest BCUT2D eigenvalue weighted by Crippen LogP contribution is 2.38. The number of carbonyl (C=O) groups excluding carboxylic acids is 2. The first-order valence-corrected chi connectivity index (χ1v) is 14.1. The van der Waals surface area contributed by atoms with Crippen LogP contribution in [0.2, 0.25) is 0 Å². The molecule has 0 saturated carbocycles. The summed E-state index contributed by atoms with van der Waals surface area (Å²) in [5, 5.41) is 0. The number of para-hydroxylation sites is 1. The molecule has 0 radical (unpaired) electrons. The number of likely N-dealkylation sites (tertiary alicyclic amines) is 1. The van der Waals surface area contributed by atoms with Crippen molar-refractivity contribution in [3.05, 3.63) is 53.6 Å². The Morgan fingerprint density at radius 2 is 1.57 bits per heavy atom. The molecule has 5 rings (SSSR count). The lowest BCUT2D eigenvalue weighted by molar-refractivity contribution is -0.133. The smallest absolute Gasteiger partial charge is 0.264 e. The van der Waals surface area contributed by atoms with Gasteiger partial charge in [-0.25, -0.2) is 8.42 Å². The van der Waals surface area contributed by atoms with Crippen LogP contribution >= 0.6 is 0 Å². The molecular formula is C27H33N3O4S. The van der Waals surface area contributed by atoms with Crippen LogP contribution < -0.4 is 9.21 Å². The Balaban J connectivity index is 1.29. The molecule has 1 fully saturated rings. The number of benzene rings is 2. The number of fused-ring (bicyclic) bond motifs is 2. The normalized spacial score (nSPS) is 19.9. The number of hydrogen-bond donors (Lipinski definition) is 0. The first-order chi connectivity index (χ1) is 16.9. The molecule has 186 valence electrons. The molecule has 0 N–H and O–H groups in total. The van der Waals surface area contributed by atoms with Gasteiger partial charge in [0.1, 0.15) is 0 Å². The summed E-state index contributed by atoms with van der Waals surface area (Å²) in [6.07, 6.45) is 6.09. The molecule has 1 saturated heterocycles. The van der Waals surface area contributed by atoms with Crippen molar-refractivity contribution in [1.82, 2.24) is 4.90 Å². The van der Waals surface area contributed by atoms with Crippen LogP contribution in [0.3, 0.4) is 0 Å². The molecule has 3 heterocycles.